The number of nitrogens with zero attached hydrogens (tertiary/aromatic N) is 1. The van der Waals surface area contributed by atoms with Gasteiger partial charge in [0.2, 0.25) is 0 Å². The van der Waals surface area contributed by atoms with Crippen LogP contribution in [0.2, 0.25) is 0 Å². The molecule has 2 atom stereocenters. The second-order valence-electron chi connectivity index (χ2n) is 6.05. The number of benzene rings is 2. The van der Waals surface area contributed by atoms with Crippen molar-refractivity contribution >= 4 is 10.8 Å². The van der Waals surface area contributed by atoms with Gasteiger partial charge in [-0.15, -0.1) is 0 Å². The molecule has 0 bridgehead atoms. The van der Waals surface area contributed by atoms with E-state index < -0.39 is 0 Å². The Kier molecular flexibility index (Phi) is 4.04. The van der Waals surface area contributed by atoms with Crippen LogP contribution in [0.1, 0.15) is 37.8 Å². The molecule has 2 unspecified atom stereocenters. The number of hydrogen-bond acceptors (Lipinski definition) is 2. The van der Waals surface area contributed by atoms with E-state index in [4.69, 9.17) is 5.73 Å². The van der Waals surface area contributed by atoms with E-state index >= 15 is 0 Å². The van der Waals surface area contributed by atoms with E-state index in [1.807, 2.05) is 0 Å². The van der Waals surface area contributed by atoms with Crippen LogP contribution >= 0.6 is 0 Å². The van der Waals surface area contributed by atoms with Crippen LogP contribution in [-0.4, -0.2) is 24.0 Å². The van der Waals surface area contributed by atoms with Gasteiger partial charge in [-0.2, -0.15) is 0 Å². The second-order valence-corrected chi connectivity index (χ2v) is 6.05. The van der Waals surface area contributed by atoms with Crippen LogP contribution in [0.25, 0.3) is 10.8 Å². The molecular weight excluding hydrogens is 244 g/mol. The molecule has 1 saturated heterocycles. The van der Waals surface area contributed by atoms with Gasteiger partial charge in [-0.05, 0) is 48.7 Å². The largest absolute Gasteiger partial charge is 0.323 e. The molecule has 1 heterocycles. The lowest BCUT2D eigenvalue weighted by Gasteiger charge is -2.35. The van der Waals surface area contributed by atoms with Gasteiger partial charge in [0, 0.05) is 18.6 Å². The fraction of sp³-hybridized carbons (Fsp3) is 0.444. The third-order valence-corrected chi connectivity index (χ3v) is 4.57. The Bertz CT molecular complexity index is 578. The highest BCUT2D eigenvalue weighted by atomic mass is 15.2. The SMILES string of the molecule is CC1CCCCN1CC(N)c1ccc2ccccc2c1. The summed E-state index contributed by atoms with van der Waals surface area (Å²) in [6, 6.07) is 15.9. The fourth-order valence-electron chi connectivity index (χ4n) is 3.23. The number of hydrogen-bond donors (Lipinski definition) is 1. The Labute approximate surface area is 121 Å². The highest BCUT2D eigenvalue weighted by molar-refractivity contribution is 5.83. The quantitative estimate of drug-likeness (QED) is 0.919. The van der Waals surface area contributed by atoms with Crippen molar-refractivity contribution in [3.8, 4) is 0 Å². The Hall–Kier alpha value is -1.38. The minimum absolute atomic E-state index is 0.111. The molecule has 0 saturated carbocycles. The zero-order chi connectivity index (χ0) is 13.9. The van der Waals surface area contributed by atoms with Crippen molar-refractivity contribution in [2.75, 3.05) is 13.1 Å². The first-order valence-electron chi connectivity index (χ1n) is 7.72. The predicted molar refractivity (Wildman–Crippen MR) is 85.8 cm³/mol. The number of likely N-dealkylation sites (tertiary alicyclic amines) is 1. The zero-order valence-electron chi connectivity index (χ0n) is 12.3. The van der Waals surface area contributed by atoms with Crippen LogP contribution in [0.4, 0.5) is 0 Å². The number of piperidine rings is 1. The van der Waals surface area contributed by atoms with Gasteiger partial charge in [0.05, 0.1) is 0 Å². The highest BCUT2D eigenvalue weighted by Crippen LogP contribution is 2.23. The molecule has 1 aliphatic rings. The summed E-state index contributed by atoms with van der Waals surface area (Å²) < 4.78 is 0. The molecule has 106 valence electrons. The smallest absolute Gasteiger partial charge is 0.0424 e. The third kappa shape index (κ3) is 2.87. The first-order valence-corrected chi connectivity index (χ1v) is 7.72. The summed E-state index contributed by atoms with van der Waals surface area (Å²) in [5, 5.41) is 2.57. The lowest BCUT2D eigenvalue weighted by atomic mass is 9.99. The van der Waals surface area contributed by atoms with Crippen LogP contribution in [0, 0.1) is 0 Å². The van der Waals surface area contributed by atoms with Crippen molar-refractivity contribution in [3.05, 3.63) is 48.0 Å². The molecule has 0 amide bonds. The fourth-order valence-corrected chi connectivity index (χ4v) is 3.23. The van der Waals surface area contributed by atoms with Crippen molar-refractivity contribution in [1.29, 1.82) is 0 Å². The molecule has 2 aromatic carbocycles. The van der Waals surface area contributed by atoms with Crippen LogP contribution in [0.3, 0.4) is 0 Å². The summed E-state index contributed by atoms with van der Waals surface area (Å²) in [4.78, 5) is 2.54. The molecule has 0 aromatic heterocycles. The van der Waals surface area contributed by atoms with Gasteiger partial charge in [-0.3, -0.25) is 4.90 Å². The van der Waals surface area contributed by atoms with Gasteiger partial charge in [-0.1, -0.05) is 42.8 Å². The topological polar surface area (TPSA) is 29.3 Å². The maximum absolute atomic E-state index is 6.44. The first-order chi connectivity index (χ1) is 9.74. The van der Waals surface area contributed by atoms with E-state index in [9.17, 15) is 0 Å². The Morgan fingerprint density at radius 1 is 1.15 bits per heavy atom. The normalized spacial score (nSPS) is 22.0. The van der Waals surface area contributed by atoms with E-state index in [2.05, 4.69) is 54.3 Å². The van der Waals surface area contributed by atoms with Crippen molar-refractivity contribution in [2.45, 2.75) is 38.3 Å². The van der Waals surface area contributed by atoms with E-state index in [0.717, 1.165) is 6.54 Å². The Balaban J connectivity index is 1.76. The van der Waals surface area contributed by atoms with Gasteiger partial charge in [0.15, 0.2) is 0 Å². The predicted octanol–water partition coefficient (Wildman–Crippen LogP) is 3.71. The lowest BCUT2D eigenvalue weighted by molar-refractivity contribution is 0.151. The minimum Gasteiger partial charge on any atom is -0.323 e. The van der Waals surface area contributed by atoms with Gasteiger partial charge >= 0.3 is 0 Å². The average Bonchev–Trinajstić information content (AvgIpc) is 2.49. The van der Waals surface area contributed by atoms with Crippen molar-refractivity contribution in [2.24, 2.45) is 5.73 Å². The van der Waals surface area contributed by atoms with Crippen molar-refractivity contribution < 1.29 is 0 Å². The number of rotatable bonds is 3. The van der Waals surface area contributed by atoms with Gasteiger partial charge < -0.3 is 5.73 Å². The van der Waals surface area contributed by atoms with Crippen molar-refractivity contribution in [3.63, 3.8) is 0 Å². The maximum Gasteiger partial charge on any atom is 0.0424 e. The van der Waals surface area contributed by atoms with E-state index in [1.54, 1.807) is 0 Å². The van der Waals surface area contributed by atoms with E-state index in [1.165, 1.54) is 42.1 Å². The zero-order valence-corrected chi connectivity index (χ0v) is 12.3. The molecule has 2 aromatic rings. The van der Waals surface area contributed by atoms with E-state index in [-0.39, 0.29) is 6.04 Å². The standard InChI is InChI=1S/C18H24N2/c1-14-6-4-5-11-20(14)13-18(19)17-10-9-15-7-2-3-8-16(15)12-17/h2-3,7-10,12,14,18H,4-6,11,13,19H2,1H3. The average molecular weight is 268 g/mol. The van der Waals surface area contributed by atoms with Crippen LogP contribution in [-0.2, 0) is 0 Å². The molecular formula is C18H24N2. The minimum atomic E-state index is 0.111. The van der Waals surface area contributed by atoms with Gasteiger partial charge in [0.25, 0.3) is 0 Å². The molecule has 1 fully saturated rings. The van der Waals surface area contributed by atoms with Crippen LogP contribution < -0.4 is 5.73 Å². The summed E-state index contributed by atoms with van der Waals surface area (Å²) in [7, 11) is 0. The summed E-state index contributed by atoms with van der Waals surface area (Å²) in [5.41, 5.74) is 7.69. The molecule has 1 aliphatic heterocycles. The highest BCUT2D eigenvalue weighted by Gasteiger charge is 2.20. The van der Waals surface area contributed by atoms with Crippen molar-refractivity contribution in [1.82, 2.24) is 4.90 Å². The summed E-state index contributed by atoms with van der Waals surface area (Å²) in [5.74, 6) is 0. The van der Waals surface area contributed by atoms with Gasteiger partial charge in [0.1, 0.15) is 0 Å². The molecule has 3 rings (SSSR count). The molecule has 0 spiro atoms. The van der Waals surface area contributed by atoms with E-state index in [0.29, 0.717) is 6.04 Å². The third-order valence-electron chi connectivity index (χ3n) is 4.57. The number of nitrogens with two attached hydrogens (primary N) is 1. The Morgan fingerprint density at radius 3 is 2.75 bits per heavy atom. The van der Waals surface area contributed by atoms with Crippen LogP contribution in [0.15, 0.2) is 42.5 Å². The molecule has 0 aliphatic carbocycles. The lowest BCUT2D eigenvalue weighted by Crippen LogP contribution is -2.41. The molecule has 2 N–H and O–H groups in total. The molecule has 2 nitrogen and oxygen atoms in total. The monoisotopic (exact) mass is 268 g/mol. The summed E-state index contributed by atoms with van der Waals surface area (Å²) in [6.07, 6.45) is 3.99. The maximum atomic E-state index is 6.44. The second kappa shape index (κ2) is 5.94. The summed E-state index contributed by atoms with van der Waals surface area (Å²) >= 11 is 0. The number of fused-ring (bicyclic) bond motifs is 1. The van der Waals surface area contributed by atoms with Crippen LogP contribution in [0.5, 0.6) is 0 Å². The molecule has 2 heteroatoms. The molecule has 20 heavy (non-hydrogen) atoms. The molecule has 0 radical (unpaired) electrons. The Morgan fingerprint density at radius 2 is 1.95 bits per heavy atom. The van der Waals surface area contributed by atoms with Gasteiger partial charge in [-0.25, -0.2) is 0 Å². The summed E-state index contributed by atoms with van der Waals surface area (Å²) in [6.45, 7) is 4.49. The first kappa shape index (κ1) is 13.6.